The Kier molecular flexibility index (Phi) is 5.27. The molecule has 2 aliphatic rings. The fraction of sp³-hybridized carbons (Fsp3) is 0.524. The first kappa shape index (κ1) is 18.2. The maximum absolute atomic E-state index is 12.7. The zero-order chi connectivity index (χ0) is 18.8. The first-order valence-electron chi connectivity index (χ1n) is 9.83. The minimum atomic E-state index is -0.0210. The molecule has 0 spiro atoms. The van der Waals surface area contributed by atoms with Crippen molar-refractivity contribution in [3.05, 3.63) is 52.8 Å². The van der Waals surface area contributed by atoms with E-state index in [2.05, 4.69) is 28.3 Å². The molecule has 1 aromatic carbocycles. The molecular weight excluding hydrogens is 340 g/mol. The monoisotopic (exact) mass is 368 g/mol. The van der Waals surface area contributed by atoms with Gasteiger partial charge < -0.3 is 10.1 Å². The first-order valence-corrected chi connectivity index (χ1v) is 9.83. The van der Waals surface area contributed by atoms with Crippen LogP contribution in [0.15, 0.2) is 30.3 Å². The highest BCUT2D eigenvalue weighted by molar-refractivity contribution is 5.94. The van der Waals surface area contributed by atoms with Crippen LogP contribution < -0.4 is 5.32 Å². The molecule has 0 radical (unpaired) electrons. The summed E-state index contributed by atoms with van der Waals surface area (Å²) in [6, 6.07) is 10.3. The number of likely N-dealkylation sites (tertiary alicyclic amines) is 1. The number of aromatic nitrogens is 2. The third kappa shape index (κ3) is 4.06. The van der Waals surface area contributed by atoms with Gasteiger partial charge in [-0.15, -0.1) is 0 Å². The van der Waals surface area contributed by atoms with Gasteiger partial charge in [0.25, 0.3) is 5.91 Å². The molecule has 4 rings (SSSR count). The molecule has 0 aliphatic carbocycles. The summed E-state index contributed by atoms with van der Waals surface area (Å²) in [7, 11) is 0. The molecule has 2 saturated heterocycles. The maximum Gasteiger partial charge on any atom is 0.251 e. The predicted molar refractivity (Wildman–Crippen MR) is 104 cm³/mol. The Hall–Kier alpha value is -2.18. The summed E-state index contributed by atoms with van der Waals surface area (Å²) in [6.07, 6.45) is 2.49. The van der Waals surface area contributed by atoms with Gasteiger partial charge in [-0.1, -0.05) is 12.1 Å². The van der Waals surface area contributed by atoms with Gasteiger partial charge in [0.1, 0.15) is 0 Å². The molecule has 1 amide bonds. The van der Waals surface area contributed by atoms with E-state index in [0.29, 0.717) is 24.8 Å². The molecule has 27 heavy (non-hydrogen) atoms. The van der Waals surface area contributed by atoms with E-state index in [1.165, 1.54) is 12.8 Å². The van der Waals surface area contributed by atoms with E-state index in [9.17, 15) is 4.79 Å². The number of nitrogens with one attached hydrogen (secondary N) is 1. The molecule has 6 heteroatoms. The second-order valence-corrected chi connectivity index (χ2v) is 7.71. The van der Waals surface area contributed by atoms with Gasteiger partial charge in [-0.2, -0.15) is 5.10 Å². The predicted octanol–water partition coefficient (Wildman–Crippen LogP) is 2.14. The number of carbonyl (C=O) groups is 1. The average molecular weight is 368 g/mol. The van der Waals surface area contributed by atoms with Crippen molar-refractivity contribution in [1.82, 2.24) is 20.0 Å². The van der Waals surface area contributed by atoms with E-state index in [4.69, 9.17) is 4.74 Å². The molecular formula is C21H28N4O2. The SMILES string of the molecule is Cc1cc(C)n(Cc2ccc(C(=O)N[C@@H]3COC[C@H]3N3CCCC3)cc2)n1. The molecule has 144 valence electrons. The lowest BCUT2D eigenvalue weighted by molar-refractivity contribution is 0.0916. The topological polar surface area (TPSA) is 59.4 Å². The minimum Gasteiger partial charge on any atom is -0.378 e. The number of aryl methyl sites for hydroxylation is 2. The van der Waals surface area contributed by atoms with Crippen LogP contribution in [0.25, 0.3) is 0 Å². The normalized spacial score (nSPS) is 23.0. The Labute approximate surface area is 160 Å². The van der Waals surface area contributed by atoms with Crippen LogP contribution >= 0.6 is 0 Å². The lowest BCUT2D eigenvalue weighted by atomic mass is 10.1. The highest BCUT2D eigenvalue weighted by Crippen LogP contribution is 2.19. The van der Waals surface area contributed by atoms with Gasteiger partial charge in [-0.3, -0.25) is 14.4 Å². The Balaban J connectivity index is 1.38. The van der Waals surface area contributed by atoms with E-state index in [1.807, 2.05) is 35.9 Å². The van der Waals surface area contributed by atoms with Gasteiger partial charge in [0.15, 0.2) is 0 Å². The van der Waals surface area contributed by atoms with Gasteiger partial charge in [-0.25, -0.2) is 0 Å². The van der Waals surface area contributed by atoms with Crippen LogP contribution in [0.3, 0.4) is 0 Å². The quantitative estimate of drug-likeness (QED) is 0.878. The molecule has 1 N–H and O–H groups in total. The molecule has 2 aromatic rings. The molecule has 2 fully saturated rings. The Morgan fingerprint density at radius 1 is 1.19 bits per heavy atom. The zero-order valence-corrected chi connectivity index (χ0v) is 16.1. The van der Waals surface area contributed by atoms with Crippen molar-refractivity contribution in [2.45, 2.75) is 45.3 Å². The minimum absolute atomic E-state index is 0.0210. The van der Waals surface area contributed by atoms with Crippen LogP contribution in [-0.4, -0.2) is 59.0 Å². The Morgan fingerprint density at radius 2 is 1.93 bits per heavy atom. The van der Waals surface area contributed by atoms with Crippen molar-refractivity contribution in [1.29, 1.82) is 0 Å². The van der Waals surface area contributed by atoms with Gasteiger partial charge >= 0.3 is 0 Å². The number of nitrogens with zero attached hydrogens (tertiary/aromatic N) is 3. The smallest absolute Gasteiger partial charge is 0.251 e. The van der Waals surface area contributed by atoms with Gasteiger partial charge in [0, 0.05) is 11.3 Å². The summed E-state index contributed by atoms with van der Waals surface area (Å²) in [5, 5.41) is 7.68. The standard InChI is InChI=1S/C21H28N4O2/c1-15-11-16(2)25(23-15)12-17-5-7-18(8-6-17)21(26)22-19-13-27-14-20(19)24-9-3-4-10-24/h5-8,11,19-20H,3-4,9-10,12-14H2,1-2H3,(H,22,26)/t19-,20-/m1/s1. The lowest BCUT2D eigenvalue weighted by Gasteiger charge is -2.27. The summed E-state index contributed by atoms with van der Waals surface area (Å²) >= 11 is 0. The van der Waals surface area contributed by atoms with Crippen molar-refractivity contribution in [2.24, 2.45) is 0 Å². The number of carbonyl (C=O) groups excluding carboxylic acids is 1. The van der Waals surface area contributed by atoms with Crippen molar-refractivity contribution in [2.75, 3.05) is 26.3 Å². The van der Waals surface area contributed by atoms with Crippen LogP contribution in [0, 0.1) is 13.8 Å². The third-order valence-corrected chi connectivity index (χ3v) is 5.63. The zero-order valence-electron chi connectivity index (χ0n) is 16.1. The van der Waals surface area contributed by atoms with Crippen molar-refractivity contribution in [3.63, 3.8) is 0 Å². The van der Waals surface area contributed by atoms with Crippen molar-refractivity contribution in [3.8, 4) is 0 Å². The highest BCUT2D eigenvalue weighted by Gasteiger charge is 2.35. The summed E-state index contributed by atoms with van der Waals surface area (Å²) in [5.74, 6) is -0.0210. The molecule has 2 atom stereocenters. The second-order valence-electron chi connectivity index (χ2n) is 7.71. The second kappa shape index (κ2) is 7.82. The van der Waals surface area contributed by atoms with Gasteiger partial charge in [0.2, 0.25) is 0 Å². The summed E-state index contributed by atoms with van der Waals surface area (Å²) in [5.41, 5.74) is 3.99. The number of hydrogen-bond acceptors (Lipinski definition) is 4. The molecule has 2 aliphatic heterocycles. The van der Waals surface area contributed by atoms with Crippen LogP contribution in [-0.2, 0) is 11.3 Å². The van der Waals surface area contributed by atoms with E-state index in [1.54, 1.807) is 0 Å². The third-order valence-electron chi connectivity index (χ3n) is 5.63. The van der Waals surface area contributed by atoms with E-state index in [-0.39, 0.29) is 11.9 Å². The largest absolute Gasteiger partial charge is 0.378 e. The molecule has 0 bridgehead atoms. The summed E-state index contributed by atoms with van der Waals surface area (Å²) < 4.78 is 7.64. The average Bonchev–Trinajstić information content (AvgIpc) is 3.38. The Morgan fingerprint density at radius 3 is 2.59 bits per heavy atom. The highest BCUT2D eigenvalue weighted by atomic mass is 16.5. The first-order chi connectivity index (χ1) is 13.1. The molecule has 0 saturated carbocycles. The number of hydrogen-bond donors (Lipinski definition) is 1. The van der Waals surface area contributed by atoms with Crippen LogP contribution in [0.4, 0.5) is 0 Å². The lowest BCUT2D eigenvalue weighted by Crippen LogP contribution is -2.50. The fourth-order valence-corrected chi connectivity index (χ4v) is 4.14. The van der Waals surface area contributed by atoms with Gasteiger partial charge in [-0.05, 0) is 63.5 Å². The number of benzene rings is 1. The maximum atomic E-state index is 12.7. The molecule has 6 nitrogen and oxygen atoms in total. The summed E-state index contributed by atoms with van der Waals surface area (Å²) in [6.45, 7) is 8.31. The fourth-order valence-electron chi connectivity index (χ4n) is 4.14. The van der Waals surface area contributed by atoms with E-state index >= 15 is 0 Å². The van der Waals surface area contributed by atoms with Crippen LogP contribution in [0.5, 0.6) is 0 Å². The number of rotatable bonds is 5. The van der Waals surface area contributed by atoms with Crippen LogP contribution in [0.2, 0.25) is 0 Å². The molecule has 1 aromatic heterocycles. The number of ether oxygens (including phenoxy) is 1. The number of amides is 1. The van der Waals surface area contributed by atoms with E-state index < -0.39 is 0 Å². The van der Waals surface area contributed by atoms with Gasteiger partial charge in [0.05, 0.1) is 37.5 Å². The van der Waals surface area contributed by atoms with Crippen molar-refractivity contribution < 1.29 is 9.53 Å². The summed E-state index contributed by atoms with van der Waals surface area (Å²) in [4.78, 5) is 15.1. The van der Waals surface area contributed by atoms with Crippen LogP contribution in [0.1, 0.15) is 40.2 Å². The van der Waals surface area contributed by atoms with E-state index in [0.717, 1.165) is 36.6 Å². The molecule has 0 unspecified atom stereocenters. The molecule has 3 heterocycles. The Bertz CT molecular complexity index is 793. The van der Waals surface area contributed by atoms with Crippen molar-refractivity contribution >= 4 is 5.91 Å².